The maximum absolute atomic E-state index is 6.84. The second-order valence-corrected chi connectivity index (χ2v) is 8.72. The molecule has 0 fully saturated rings. The van der Waals surface area contributed by atoms with Crippen molar-refractivity contribution < 1.29 is 4.74 Å². The Morgan fingerprint density at radius 3 is 2.90 bits per heavy atom. The molecule has 0 spiro atoms. The van der Waals surface area contributed by atoms with Crippen molar-refractivity contribution in [3.8, 4) is 11.3 Å². The number of nitrogens with two attached hydrogens (primary N) is 1. The molecule has 0 radical (unpaired) electrons. The van der Waals surface area contributed by atoms with Crippen molar-refractivity contribution in [1.82, 2.24) is 29.4 Å². The van der Waals surface area contributed by atoms with E-state index in [-0.39, 0.29) is 5.54 Å². The van der Waals surface area contributed by atoms with Crippen LogP contribution in [0, 0.1) is 0 Å². The van der Waals surface area contributed by atoms with E-state index in [9.17, 15) is 0 Å². The van der Waals surface area contributed by atoms with Crippen LogP contribution in [0.25, 0.3) is 33.3 Å². The zero-order valence-electron chi connectivity index (χ0n) is 17.2. The number of nitrogens with one attached hydrogen (secondary N) is 1. The Hall–Kier alpha value is -2.68. The van der Waals surface area contributed by atoms with Gasteiger partial charge in [0.2, 0.25) is 0 Å². The molecular weight excluding hydrogens is 402 g/mol. The second kappa shape index (κ2) is 6.94. The van der Waals surface area contributed by atoms with Crippen LogP contribution in [0.1, 0.15) is 19.5 Å². The summed E-state index contributed by atoms with van der Waals surface area (Å²) in [5.74, 6) is 0.443. The third-order valence-corrected chi connectivity index (χ3v) is 6.23. The van der Waals surface area contributed by atoms with Crippen molar-refractivity contribution in [3.63, 3.8) is 0 Å². The van der Waals surface area contributed by atoms with Crippen LogP contribution < -0.4 is 5.73 Å². The lowest BCUT2D eigenvalue weighted by Crippen LogP contribution is -2.47. The molecule has 0 unspecified atom stereocenters. The van der Waals surface area contributed by atoms with E-state index in [1.165, 1.54) is 6.33 Å². The first-order valence-corrected chi connectivity index (χ1v) is 10.3. The minimum Gasteiger partial charge on any atom is -0.383 e. The molecule has 4 aromatic heterocycles. The summed E-state index contributed by atoms with van der Waals surface area (Å²) in [6.45, 7) is 7.54. The van der Waals surface area contributed by atoms with Crippen molar-refractivity contribution in [2.45, 2.75) is 25.9 Å². The Morgan fingerprint density at radius 2 is 2.13 bits per heavy atom. The zero-order chi connectivity index (χ0) is 21.0. The van der Waals surface area contributed by atoms with Gasteiger partial charge in [0.15, 0.2) is 0 Å². The van der Waals surface area contributed by atoms with Crippen molar-refractivity contribution in [1.29, 1.82) is 0 Å². The maximum Gasteiger partial charge on any atom is 0.146 e. The number of hydrogen-bond donors (Lipinski definition) is 2. The average Bonchev–Trinajstić information content (AvgIpc) is 3.22. The minimum absolute atomic E-state index is 0.199. The van der Waals surface area contributed by atoms with Crippen LogP contribution in [0.2, 0.25) is 5.02 Å². The fourth-order valence-electron chi connectivity index (χ4n) is 4.68. The number of H-pyrrole nitrogens is 1. The number of hydrogen-bond acceptors (Lipinski definition) is 6. The minimum atomic E-state index is -0.199. The third kappa shape index (κ3) is 2.79. The van der Waals surface area contributed by atoms with E-state index in [4.69, 9.17) is 22.1 Å². The molecule has 3 N–H and O–H groups in total. The third-order valence-electron chi connectivity index (χ3n) is 5.83. The predicted molar refractivity (Wildman–Crippen MR) is 119 cm³/mol. The molecule has 0 saturated heterocycles. The van der Waals surface area contributed by atoms with E-state index in [1.54, 1.807) is 13.3 Å². The molecule has 4 aromatic rings. The van der Waals surface area contributed by atoms with Crippen LogP contribution in [0.4, 0.5) is 5.82 Å². The van der Waals surface area contributed by atoms with Crippen molar-refractivity contribution >= 4 is 39.5 Å². The van der Waals surface area contributed by atoms with E-state index in [0.717, 1.165) is 58.7 Å². The maximum atomic E-state index is 6.84. The molecule has 0 bridgehead atoms. The van der Waals surface area contributed by atoms with Gasteiger partial charge in [0.05, 0.1) is 28.2 Å². The Kier molecular flexibility index (Phi) is 4.46. The van der Waals surface area contributed by atoms with Gasteiger partial charge in [-0.3, -0.25) is 4.90 Å². The molecule has 0 atom stereocenters. The highest BCUT2D eigenvalue weighted by Gasteiger charge is 2.37. The molecule has 156 valence electrons. The van der Waals surface area contributed by atoms with Crippen molar-refractivity contribution in [2.75, 3.05) is 32.5 Å². The van der Waals surface area contributed by atoms with Gasteiger partial charge in [-0.15, -0.1) is 0 Å². The zero-order valence-corrected chi connectivity index (χ0v) is 18.0. The molecule has 1 aliphatic heterocycles. The number of aromatic nitrogens is 5. The van der Waals surface area contributed by atoms with E-state index in [0.29, 0.717) is 17.4 Å². The molecule has 0 aromatic carbocycles. The lowest BCUT2D eigenvalue weighted by Gasteiger charge is -2.41. The predicted octanol–water partition coefficient (Wildman–Crippen LogP) is 3.41. The van der Waals surface area contributed by atoms with Crippen LogP contribution in [0.15, 0.2) is 24.7 Å². The quantitative estimate of drug-likeness (QED) is 0.520. The summed E-state index contributed by atoms with van der Waals surface area (Å²) >= 11 is 6.84. The lowest BCUT2D eigenvalue weighted by molar-refractivity contribution is 0.0946. The molecule has 1 aliphatic rings. The topological polar surface area (TPSA) is 97.9 Å². The Morgan fingerprint density at radius 1 is 1.30 bits per heavy atom. The first-order valence-electron chi connectivity index (χ1n) is 9.90. The molecule has 5 heterocycles. The molecule has 0 saturated carbocycles. The number of pyridine rings is 1. The number of halogens is 1. The van der Waals surface area contributed by atoms with Gasteiger partial charge in [-0.2, -0.15) is 0 Å². The number of anilines is 1. The highest BCUT2D eigenvalue weighted by Crippen LogP contribution is 2.45. The van der Waals surface area contributed by atoms with E-state index < -0.39 is 0 Å². The first-order chi connectivity index (χ1) is 14.4. The van der Waals surface area contributed by atoms with Gasteiger partial charge in [-0.25, -0.2) is 15.0 Å². The van der Waals surface area contributed by atoms with Gasteiger partial charge in [-0.1, -0.05) is 11.6 Å². The van der Waals surface area contributed by atoms with Crippen molar-refractivity contribution in [2.24, 2.45) is 0 Å². The fraction of sp³-hybridized carbons (Fsp3) is 0.381. The second-order valence-electron chi connectivity index (χ2n) is 8.34. The van der Waals surface area contributed by atoms with Gasteiger partial charge < -0.3 is 20.0 Å². The number of nitrogen functional groups attached to an aromatic ring is 1. The van der Waals surface area contributed by atoms with E-state index >= 15 is 0 Å². The van der Waals surface area contributed by atoms with Crippen LogP contribution >= 0.6 is 11.6 Å². The van der Waals surface area contributed by atoms with E-state index in [2.05, 4.69) is 43.3 Å². The molecule has 9 heteroatoms. The lowest BCUT2D eigenvalue weighted by atomic mass is 9.99. The number of rotatable bonds is 4. The van der Waals surface area contributed by atoms with Crippen LogP contribution in [-0.4, -0.2) is 56.2 Å². The number of nitrogens with zero attached hydrogens (tertiary/aromatic N) is 5. The van der Waals surface area contributed by atoms with Gasteiger partial charge in [-0.05, 0) is 26.0 Å². The average molecular weight is 426 g/mol. The van der Waals surface area contributed by atoms with Crippen LogP contribution in [0.5, 0.6) is 0 Å². The summed E-state index contributed by atoms with van der Waals surface area (Å²) in [5, 5.41) is 2.33. The number of fused-ring (bicyclic) bond motifs is 4. The molecule has 0 amide bonds. The highest BCUT2D eigenvalue weighted by molar-refractivity contribution is 6.38. The summed E-state index contributed by atoms with van der Waals surface area (Å²) in [5.41, 5.74) is 10.6. The molecule has 0 aliphatic carbocycles. The smallest absolute Gasteiger partial charge is 0.146 e. The summed E-state index contributed by atoms with van der Waals surface area (Å²) < 4.78 is 7.61. The van der Waals surface area contributed by atoms with Gasteiger partial charge in [0, 0.05) is 49.6 Å². The van der Waals surface area contributed by atoms with Crippen LogP contribution in [-0.2, 0) is 16.8 Å². The van der Waals surface area contributed by atoms with Gasteiger partial charge in [0.1, 0.15) is 23.4 Å². The Balaban J connectivity index is 1.83. The van der Waals surface area contributed by atoms with Crippen LogP contribution in [0.3, 0.4) is 0 Å². The summed E-state index contributed by atoms with van der Waals surface area (Å²) in [6, 6.07) is 3.84. The van der Waals surface area contributed by atoms with Crippen molar-refractivity contribution in [3.05, 3.63) is 35.4 Å². The number of aromatic amines is 1. The number of methoxy groups -OCH3 is 1. The van der Waals surface area contributed by atoms with E-state index in [1.807, 2.05) is 12.1 Å². The SMILES string of the molecule is COCCN1Cc2c(-c3[nH]c4ncccc4c3Cl)c3c(N)ncnc3n2C(C)(C)C1. The molecular formula is C21H24ClN7O. The number of ether oxygens (including phenoxy) is 1. The Bertz CT molecular complexity index is 1260. The highest BCUT2D eigenvalue weighted by atomic mass is 35.5. The van der Waals surface area contributed by atoms with Gasteiger partial charge >= 0.3 is 0 Å². The molecule has 30 heavy (non-hydrogen) atoms. The fourth-order valence-corrected chi connectivity index (χ4v) is 4.97. The summed E-state index contributed by atoms with van der Waals surface area (Å²) in [7, 11) is 1.73. The monoisotopic (exact) mass is 425 g/mol. The van der Waals surface area contributed by atoms with Gasteiger partial charge in [0.25, 0.3) is 0 Å². The first kappa shape index (κ1) is 19.3. The molecule has 8 nitrogen and oxygen atoms in total. The standard InChI is InChI=1S/C21H24ClN7O/c1-21(2)10-28(7-8-30-3)9-13-14(15-18(23)25-11-26-20(15)29(13)21)17-16(22)12-5-4-6-24-19(12)27-17/h4-6,11H,7-10H2,1-3H3,(H,24,27)(H2,23,25,26). The largest absolute Gasteiger partial charge is 0.383 e. The Labute approximate surface area is 179 Å². The normalized spacial score (nSPS) is 16.4. The summed E-state index contributed by atoms with van der Waals surface area (Å²) in [6.07, 6.45) is 3.27. The molecule has 5 rings (SSSR count). The summed E-state index contributed by atoms with van der Waals surface area (Å²) in [4.78, 5) is 19.1.